The Bertz CT molecular complexity index is 595. The lowest BCUT2D eigenvalue weighted by atomic mass is 10.0. The summed E-state index contributed by atoms with van der Waals surface area (Å²) in [7, 11) is 0. The predicted molar refractivity (Wildman–Crippen MR) is 63.7 cm³/mol. The lowest BCUT2D eigenvalue weighted by Crippen LogP contribution is -2.25. The van der Waals surface area contributed by atoms with E-state index in [0.29, 0.717) is 12.1 Å². The van der Waals surface area contributed by atoms with Crippen LogP contribution in [0.3, 0.4) is 0 Å². The van der Waals surface area contributed by atoms with E-state index >= 15 is 0 Å². The first kappa shape index (κ1) is 21.0. The lowest BCUT2D eigenvalue weighted by Gasteiger charge is -2.23. The molecule has 1 atom stereocenters. The Morgan fingerprint density at radius 3 is 1.64 bits per heavy atom. The number of hydrogen-bond donors (Lipinski definition) is 1. The number of benzene rings is 1. The van der Waals surface area contributed by atoms with Crippen LogP contribution in [0.25, 0.3) is 0 Å². The van der Waals surface area contributed by atoms with E-state index in [4.69, 9.17) is 5.73 Å². The maximum absolute atomic E-state index is 12.5. The van der Waals surface area contributed by atoms with Crippen LogP contribution in [0.2, 0.25) is 0 Å². The fraction of sp³-hybridized carbons (Fsp3) is 0.500. The van der Waals surface area contributed by atoms with Crippen LogP contribution in [0, 0.1) is 0 Å². The Morgan fingerprint density at radius 2 is 1.24 bits per heavy atom. The molecular weight excluding hydrogens is 377 g/mol. The third-order valence-corrected chi connectivity index (χ3v) is 2.61. The van der Waals surface area contributed by atoms with Crippen molar-refractivity contribution in [2.75, 3.05) is 0 Å². The summed E-state index contributed by atoms with van der Waals surface area (Å²) in [4.78, 5) is 0. The van der Waals surface area contributed by atoms with Crippen molar-refractivity contribution >= 4 is 0 Å². The number of alkyl halides is 9. The first-order valence-electron chi connectivity index (χ1n) is 6.32. The smallest absolute Gasteiger partial charge is 0.402 e. The van der Waals surface area contributed by atoms with Gasteiger partial charge in [0.05, 0.1) is 0 Å². The van der Waals surface area contributed by atoms with E-state index in [1.54, 1.807) is 0 Å². The van der Waals surface area contributed by atoms with E-state index in [1.807, 2.05) is 0 Å². The number of ether oxygens (including phenoxy) is 3. The molecule has 4 nitrogen and oxygen atoms in total. The topological polar surface area (TPSA) is 53.7 Å². The van der Waals surface area contributed by atoms with Crippen molar-refractivity contribution in [3.8, 4) is 17.2 Å². The quantitative estimate of drug-likeness (QED) is 0.738. The second kappa shape index (κ2) is 7.06. The number of hydrogen-bond acceptors (Lipinski definition) is 4. The molecule has 0 saturated heterocycles. The summed E-state index contributed by atoms with van der Waals surface area (Å²) in [5.41, 5.74) is 4.83. The third-order valence-electron chi connectivity index (χ3n) is 2.61. The molecule has 0 saturated carbocycles. The van der Waals surface area contributed by atoms with Crippen molar-refractivity contribution in [2.45, 2.75) is 38.5 Å². The average molecular weight is 387 g/mol. The largest absolute Gasteiger partial charge is 0.573 e. The summed E-state index contributed by atoms with van der Waals surface area (Å²) >= 11 is 0. The predicted octanol–water partition coefficient (Wildman–Crippen LogP) is 4.79. The van der Waals surface area contributed by atoms with E-state index in [0.717, 1.165) is 0 Å². The monoisotopic (exact) mass is 387 g/mol. The van der Waals surface area contributed by atoms with Gasteiger partial charge in [0, 0.05) is 11.6 Å². The van der Waals surface area contributed by atoms with Crippen molar-refractivity contribution in [1.82, 2.24) is 0 Å². The Hall–Kier alpha value is -2.05. The van der Waals surface area contributed by atoms with Gasteiger partial charge in [0.15, 0.2) is 11.5 Å². The summed E-state index contributed by atoms with van der Waals surface area (Å²) in [5, 5.41) is 0. The molecule has 0 spiro atoms. The normalized spacial score (nSPS) is 14.2. The van der Waals surface area contributed by atoms with Crippen molar-refractivity contribution in [3.63, 3.8) is 0 Å². The summed E-state index contributed by atoms with van der Waals surface area (Å²) in [5.74, 6) is -5.28. The van der Waals surface area contributed by atoms with Crippen LogP contribution in [0.15, 0.2) is 12.1 Å². The van der Waals surface area contributed by atoms with Gasteiger partial charge in [-0.25, -0.2) is 0 Å². The van der Waals surface area contributed by atoms with Crippen LogP contribution in [0.4, 0.5) is 39.5 Å². The lowest BCUT2D eigenvalue weighted by molar-refractivity contribution is -0.293. The summed E-state index contributed by atoms with van der Waals surface area (Å²) in [6, 6.07) is -0.296. The van der Waals surface area contributed by atoms with Gasteiger partial charge in [-0.3, -0.25) is 0 Å². The van der Waals surface area contributed by atoms with Crippen LogP contribution in [0.1, 0.15) is 24.9 Å². The van der Waals surface area contributed by atoms with E-state index in [2.05, 4.69) is 14.2 Å². The molecule has 0 amide bonds. The summed E-state index contributed by atoms with van der Waals surface area (Å²) in [6.07, 6.45) is -16.7. The maximum atomic E-state index is 12.5. The SMILES string of the molecule is CCC(N)c1ccc(OC(F)(F)F)c(OC(F)(F)F)c1OC(F)(F)F. The molecule has 1 rings (SSSR count). The molecule has 0 aromatic heterocycles. The molecule has 0 bridgehead atoms. The first-order chi connectivity index (χ1) is 11.1. The highest BCUT2D eigenvalue weighted by Crippen LogP contribution is 2.48. The molecule has 0 aliphatic carbocycles. The van der Waals surface area contributed by atoms with Crippen molar-refractivity contribution < 1.29 is 53.7 Å². The van der Waals surface area contributed by atoms with Crippen LogP contribution < -0.4 is 19.9 Å². The molecule has 1 unspecified atom stereocenters. The molecule has 0 radical (unpaired) electrons. The van der Waals surface area contributed by atoms with E-state index < -0.39 is 47.9 Å². The fourth-order valence-corrected chi connectivity index (χ4v) is 1.71. The molecule has 1 aromatic rings. The van der Waals surface area contributed by atoms with Gasteiger partial charge in [-0.2, -0.15) is 0 Å². The molecule has 0 heterocycles. The molecule has 0 aliphatic heterocycles. The van der Waals surface area contributed by atoms with Crippen molar-refractivity contribution in [3.05, 3.63) is 17.7 Å². The van der Waals surface area contributed by atoms with Gasteiger partial charge in [-0.05, 0) is 18.6 Å². The molecule has 144 valence electrons. The van der Waals surface area contributed by atoms with E-state index in [9.17, 15) is 39.5 Å². The van der Waals surface area contributed by atoms with Gasteiger partial charge in [-0.1, -0.05) is 6.92 Å². The molecule has 25 heavy (non-hydrogen) atoms. The van der Waals surface area contributed by atoms with Gasteiger partial charge >= 0.3 is 19.1 Å². The Balaban J connectivity index is 3.62. The molecule has 0 fully saturated rings. The second-order valence-electron chi connectivity index (χ2n) is 4.47. The third kappa shape index (κ3) is 6.76. The minimum atomic E-state index is -5.62. The second-order valence-corrected chi connectivity index (χ2v) is 4.47. The maximum Gasteiger partial charge on any atom is 0.573 e. The van der Waals surface area contributed by atoms with Crippen molar-refractivity contribution in [2.24, 2.45) is 5.73 Å². The summed E-state index contributed by atoms with van der Waals surface area (Å²) in [6.45, 7) is 1.38. The van der Waals surface area contributed by atoms with E-state index in [1.165, 1.54) is 6.92 Å². The zero-order chi connectivity index (χ0) is 19.6. The first-order valence-corrected chi connectivity index (χ1v) is 6.32. The number of halogens is 9. The van der Waals surface area contributed by atoms with Crippen LogP contribution in [0.5, 0.6) is 17.2 Å². The molecular formula is C12H10F9NO3. The van der Waals surface area contributed by atoms with E-state index in [-0.39, 0.29) is 6.42 Å². The van der Waals surface area contributed by atoms with Crippen LogP contribution >= 0.6 is 0 Å². The highest BCUT2D eigenvalue weighted by atomic mass is 19.4. The highest BCUT2D eigenvalue weighted by Gasteiger charge is 2.42. The minimum Gasteiger partial charge on any atom is -0.402 e. The highest BCUT2D eigenvalue weighted by molar-refractivity contribution is 5.57. The Morgan fingerprint density at radius 1 is 0.800 bits per heavy atom. The Kier molecular flexibility index (Phi) is 5.93. The fourth-order valence-electron chi connectivity index (χ4n) is 1.71. The zero-order valence-corrected chi connectivity index (χ0v) is 12.1. The molecule has 0 aliphatic rings. The molecule has 1 aromatic carbocycles. The molecule has 13 heteroatoms. The van der Waals surface area contributed by atoms with Crippen LogP contribution in [-0.2, 0) is 0 Å². The molecule has 2 N–H and O–H groups in total. The minimum absolute atomic E-state index is 0.0564. The average Bonchev–Trinajstić information content (AvgIpc) is 2.37. The standard InChI is InChI=1S/C12H10F9NO3/c1-2-6(22)5-3-4-7(23-10(13,14)15)9(25-12(19,20)21)8(5)24-11(16,17)18/h3-4,6H,2,22H2,1H3. The Labute approximate surface area is 134 Å². The summed E-state index contributed by atoms with van der Waals surface area (Å²) < 4.78 is 122. The van der Waals surface area contributed by atoms with Gasteiger partial charge in [-0.15, -0.1) is 39.5 Å². The zero-order valence-electron chi connectivity index (χ0n) is 12.1. The van der Waals surface area contributed by atoms with Gasteiger partial charge in [0.1, 0.15) is 0 Å². The van der Waals surface area contributed by atoms with Gasteiger partial charge in [0.2, 0.25) is 5.75 Å². The van der Waals surface area contributed by atoms with Gasteiger partial charge in [0.25, 0.3) is 0 Å². The van der Waals surface area contributed by atoms with Gasteiger partial charge < -0.3 is 19.9 Å². The van der Waals surface area contributed by atoms with Crippen LogP contribution in [-0.4, -0.2) is 19.1 Å². The number of nitrogens with two attached hydrogens (primary N) is 1. The van der Waals surface area contributed by atoms with Crippen molar-refractivity contribution in [1.29, 1.82) is 0 Å². The number of rotatable bonds is 5.